The number of nitrogens with zero attached hydrogens (tertiary/aromatic N) is 4. The fourth-order valence-corrected chi connectivity index (χ4v) is 4.75. The van der Waals surface area contributed by atoms with E-state index in [9.17, 15) is 4.79 Å². The van der Waals surface area contributed by atoms with Gasteiger partial charge in [0.25, 0.3) is 5.91 Å². The Kier molecular flexibility index (Phi) is 4.49. The van der Waals surface area contributed by atoms with Crippen molar-refractivity contribution in [2.75, 3.05) is 46.9 Å². The number of aryl methyl sites for hydroxylation is 1. The largest absolute Gasteiger partial charge is 0.381 e. The fraction of sp³-hybridized carbons (Fsp3) is 0.600. The summed E-state index contributed by atoms with van der Waals surface area (Å²) in [7, 11) is 6.13. The molecule has 0 saturated carbocycles. The number of fused-ring (bicyclic) bond motifs is 1. The monoisotopic (exact) mass is 356 g/mol. The lowest BCUT2D eigenvalue weighted by Crippen LogP contribution is -2.40. The number of rotatable bonds is 3. The van der Waals surface area contributed by atoms with Gasteiger partial charge in [-0.2, -0.15) is 5.10 Å². The number of benzene rings is 1. The van der Waals surface area contributed by atoms with E-state index in [1.807, 2.05) is 36.2 Å². The SMILES string of the molecule is CN(C)CC1CN(C(=O)c2nn(C)c3ccccc23)CC12CCOCC2. The highest BCUT2D eigenvalue weighted by molar-refractivity contribution is 6.05. The minimum Gasteiger partial charge on any atom is -0.381 e. The van der Waals surface area contributed by atoms with Crippen LogP contribution in [-0.4, -0.2) is 72.4 Å². The van der Waals surface area contributed by atoms with Gasteiger partial charge in [0.15, 0.2) is 5.69 Å². The maximum atomic E-state index is 13.3. The topological polar surface area (TPSA) is 50.6 Å². The normalized spacial score (nSPS) is 22.6. The van der Waals surface area contributed by atoms with Gasteiger partial charge in [-0.1, -0.05) is 18.2 Å². The number of ether oxygens (including phenoxy) is 1. The molecule has 3 heterocycles. The summed E-state index contributed by atoms with van der Waals surface area (Å²) in [5.41, 5.74) is 1.76. The molecular weight excluding hydrogens is 328 g/mol. The Balaban J connectivity index is 1.64. The van der Waals surface area contributed by atoms with Crippen LogP contribution in [0.15, 0.2) is 24.3 Å². The van der Waals surface area contributed by atoms with Crippen molar-refractivity contribution in [3.63, 3.8) is 0 Å². The first kappa shape index (κ1) is 17.5. The van der Waals surface area contributed by atoms with Gasteiger partial charge in [0.2, 0.25) is 0 Å². The van der Waals surface area contributed by atoms with Crippen molar-refractivity contribution in [1.29, 1.82) is 0 Å². The maximum absolute atomic E-state index is 13.3. The van der Waals surface area contributed by atoms with E-state index in [1.54, 1.807) is 4.68 Å². The Labute approximate surface area is 154 Å². The van der Waals surface area contributed by atoms with Gasteiger partial charge in [-0.25, -0.2) is 0 Å². The van der Waals surface area contributed by atoms with E-state index in [0.29, 0.717) is 11.6 Å². The third kappa shape index (κ3) is 2.91. The van der Waals surface area contributed by atoms with Crippen LogP contribution in [-0.2, 0) is 11.8 Å². The van der Waals surface area contributed by atoms with Crippen molar-refractivity contribution < 1.29 is 9.53 Å². The van der Waals surface area contributed by atoms with Crippen LogP contribution < -0.4 is 0 Å². The highest BCUT2D eigenvalue weighted by Crippen LogP contribution is 2.45. The van der Waals surface area contributed by atoms with Gasteiger partial charge in [-0.05, 0) is 44.3 Å². The number of likely N-dealkylation sites (tertiary alicyclic amines) is 1. The molecule has 2 saturated heterocycles. The van der Waals surface area contributed by atoms with Crippen LogP contribution in [0.5, 0.6) is 0 Å². The molecule has 2 fully saturated rings. The highest BCUT2D eigenvalue weighted by atomic mass is 16.5. The van der Waals surface area contributed by atoms with E-state index < -0.39 is 0 Å². The third-order valence-corrected chi connectivity index (χ3v) is 6.13. The standard InChI is InChI=1S/C20H28N4O2/c1-22(2)12-15-13-24(14-20(15)8-10-26-11-9-20)19(25)18-16-6-4-5-7-17(16)23(3)21-18/h4-7,15H,8-14H2,1-3H3. The second-order valence-electron chi connectivity index (χ2n) is 8.11. The Hall–Kier alpha value is -1.92. The van der Waals surface area contributed by atoms with Crippen LogP contribution in [0, 0.1) is 11.3 Å². The lowest BCUT2D eigenvalue weighted by Gasteiger charge is -2.38. The van der Waals surface area contributed by atoms with Gasteiger partial charge in [0.1, 0.15) is 0 Å². The number of hydrogen-bond donors (Lipinski definition) is 0. The Morgan fingerprint density at radius 3 is 2.77 bits per heavy atom. The van der Waals surface area contributed by atoms with E-state index in [0.717, 1.165) is 56.6 Å². The van der Waals surface area contributed by atoms with E-state index in [4.69, 9.17) is 4.74 Å². The van der Waals surface area contributed by atoms with Gasteiger partial charge in [0.05, 0.1) is 5.52 Å². The lowest BCUT2D eigenvalue weighted by atomic mass is 9.72. The maximum Gasteiger partial charge on any atom is 0.275 e. The first-order valence-corrected chi connectivity index (χ1v) is 9.44. The Morgan fingerprint density at radius 1 is 1.31 bits per heavy atom. The summed E-state index contributed by atoms with van der Waals surface area (Å²) in [5.74, 6) is 0.550. The molecule has 1 atom stereocenters. The predicted molar refractivity (Wildman–Crippen MR) is 101 cm³/mol. The Bertz CT molecular complexity index is 807. The molecule has 1 spiro atoms. The second kappa shape index (κ2) is 6.67. The van der Waals surface area contributed by atoms with Crippen LogP contribution in [0.1, 0.15) is 23.3 Å². The number of carbonyl (C=O) groups is 1. The van der Waals surface area contributed by atoms with E-state index in [2.05, 4.69) is 24.1 Å². The molecule has 4 rings (SSSR count). The van der Waals surface area contributed by atoms with Crippen molar-refractivity contribution in [2.45, 2.75) is 12.8 Å². The number of aromatic nitrogens is 2. The molecule has 0 N–H and O–H groups in total. The molecule has 0 bridgehead atoms. The molecule has 1 amide bonds. The fourth-order valence-electron chi connectivity index (χ4n) is 4.75. The average molecular weight is 356 g/mol. The number of hydrogen-bond acceptors (Lipinski definition) is 4. The van der Waals surface area contributed by atoms with Crippen molar-refractivity contribution in [3.8, 4) is 0 Å². The number of carbonyl (C=O) groups excluding carboxylic acids is 1. The van der Waals surface area contributed by atoms with Gasteiger partial charge in [0, 0.05) is 45.3 Å². The minimum absolute atomic E-state index is 0.0638. The smallest absolute Gasteiger partial charge is 0.275 e. The summed E-state index contributed by atoms with van der Waals surface area (Å²) < 4.78 is 7.42. The molecule has 6 heteroatoms. The van der Waals surface area contributed by atoms with Crippen molar-refractivity contribution in [1.82, 2.24) is 19.6 Å². The molecule has 1 aromatic carbocycles. The van der Waals surface area contributed by atoms with Crippen molar-refractivity contribution in [3.05, 3.63) is 30.0 Å². The summed E-state index contributed by atoms with van der Waals surface area (Å²) in [6.07, 6.45) is 2.08. The summed E-state index contributed by atoms with van der Waals surface area (Å²) in [6, 6.07) is 7.96. The molecule has 2 aromatic rings. The zero-order valence-electron chi connectivity index (χ0n) is 15.9. The zero-order valence-corrected chi connectivity index (χ0v) is 15.9. The molecule has 0 aliphatic carbocycles. The summed E-state index contributed by atoms with van der Waals surface area (Å²) in [5, 5.41) is 5.49. The van der Waals surface area contributed by atoms with E-state index in [1.165, 1.54) is 0 Å². The first-order chi connectivity index (χ1) is 12.5. The molecule has 6 nitrogen and oxygen atoms in total. The van der Waals surface area contributed by atoms with Crippen molar-refractivity contribution in [2.24, 2.45) is 18.4 Å². The molecular formula is C20H28N4O2. The molecule has 26 heavy (non-hydrogen) atoms. The average Bonchev–Trinajstić information content (AvgIpc) is 3.14. The summed E-state index contributed by atoms with van der Waals surface area (Å²) in [6.45, 7) is 4.24. The molecule has 2 aliphatic rings. The van der Waals surface area contributed by atoms with Crippen LogP contribution >= 0.6 is 0 Å². The van der Waals surface area contributed by atoms with Crippen molar-refractivity contribution >= 4 is 16.8 Å². The van der Waals surface area contributed by atoms with Gasteiger partial charge < -0.3 is 14.5 Å². The Morgan fingerprint density at radius 2 is 2.04 bits per heavy atom. The van der Waals surface area contributed by atoms with Gasteiger partial charge >= 0.3 is 0 Å². The summed E-state index contributed by atoms with van der Waals surface area (Å²) in [4.78, 5) is 17.6. The molecule has 0 radical (unpaired) electrons. The first-order valence-electron chi connectivity index (χ1n) is 9.44. The van der Waals surface area contributed by atoms with Crippen LogP contribution in [0.2, 0.25) is 0 Å². The van der Waals surface area contributed by atoms with Crippen LogP contribution in [0.4, 0.5) is 0 Å². The zero-order chi connectivity index (χ0) is 18.3. The molecule has 1 unspecified atom stereocenters. The number of para-hydroxylation sites is 1. The van der Waals surface area contributed by atoms with E-state index in [-0.39, 0.29) is 11.3 Å². The van der Waals surface area contributed by atoms with Crippen LogP contribution in [0.25, 0.3) is 10.9 Å². The highest BCUT2D eigenvalue weighted by Gasteiger charge is 2.49. The predicted octanol–water partition coefficient (Wildman–Crippen LogP) is 2.00. The minimum atomic E-state index is 0.0638. The number of amides is 1. The van der Waals surface area contributed by atoms with E-state index >= 15 is 0 Å². The molecule has 1 aromatic heterocycles. The van der Waals surface area contributed by atoms with Gasteiger partial charge in [-0.15, -0.1) is 0 Å². The second-order valence-corrected chi connectivity index (χ2v) is 8.11. The summed E-state index contributed by atoms with van der Waals surface area (Å²) >= 11 is 0. The molecule has 140 valence electrons. The van der Waals surface area contributed by atoms with Gasteiger partial charge in [-0.3, -0.25) is 9.48 Å². The molecule has 2 aliphatic heterocycles. The lowest BCUT2D eigenvalue weighted by molar-refractivity contribution is -0.00452. The third-order valence-electron chi connectivity index (χ3n) is 6.13. The van der Waals surface area contributed by atoms with Crippen LogP contribution in [0.3, 0.4) is 0 Å². The quantitative estimate of drug-likeness (QED) is 0.844.